The summed E-state index contributed by atoms with van der Waals surface area (Å²) in [5, 5.41) is 3.06. The van der Waals surface area contributed by atoms with E-state index in [1.54, 1.807) is 23.1 Å². The van der Waals surface area contributed by atoms with Crippen LogP contribution < -0.4 is 14.8 Å². The van der Waals surface area contributed by atoms with Crippen LogP contribution >= 0.6 is 0 Å². The molecule has 0 spiro atoms. The summed E-state index contributed by atoms with van der Waals surface area (Å²) in [4.78, 5) is 28.0. The maximum absolute atomic E-state index is 13.2. The third-order valence-electron chi connectivity index (χ3n) is 5.84. The molecule has 2 aliphatic heterocycles. The van der Waals surface area contributed by atoms with Crippen LogP contribution in [-0.2, 0) is 4.79 Å². The number of hydrogen-bond donors (Lipinski definition) is 1. The summed E-state index contributed by atoms with van der Waals surface area (Å²) < 4.78 is 10.8. The first-order valence-corrected chi connectivity index (χ1v) is 10.5. The van der Waals surface area contributed by atoms with Gasteiger partial charge in [0.25, 0.3) is 5.91 Å². The Labute approximate surface area is 177 Å². The van der Waals surface area contributed by atoms with Gasteiger partial charge in [-0.15, -0.1) is 0 Å². The third kappa shape index (κ3) is 3.99. The van der Waals surface area contributed by atoms with Gasteiger partial charge in [0.1, 0.15) is 0 Å². The SMILES string of the molecule is Cc1ccccc1C1CN(C(=O)c2ccc3c(c2)OCO3)CC1C(=O)NCC(C)C. The first kappa shape index (κ1) is 20.3. The average molecular weight is 408 g/mol. The number of ether oxygens (including phenoxy) is 2. The Balaban J connectivity index is 1.58. The van der Waals surface area contributed by atoms with Crippen molar-refractivity contribution in [3.05, 3.63) is 59.2 Å². The highest BCUT2D eigenvalue weighted by atomic mass is 16.7. The van der Waals surface area contributed by atoms with Gasteiger partial charge >= 0.3 is 0 Å². The van der Waals surface area contributed by atoms with Crippen LogP contribution in [-0.4, -0.2) is 43.1 Å². The molecule has 0 aromatic heterocycles. The molecule has 1 fully saturated rings. The predicted molar refractivity (Wildman–Crippen MR) is 114 cm³/mol. The summed E-state index contributed by atoms with van der Waals surface area (Å²) >= 11 is 0. The van der Waals surface area contributed by atoms with E-state index in [2.05, 4.69) is 38.2 Å². The number of rotatable bonds is 5. The van der Waals surface area contributed by atoms with Crippen LogP contribution in [0.5, 0.6) is 11.5 Å². The number of hydrogen-bond acceptors (Lipinski definition) is 4. The minimum absolute atomic E-state index is 0.0120. The summed E-state index contributed by atoms with van der Waals surface area (Å²) in [6.45, 7) is 7.91. The van der Waals surface area contributed by atoms with Crippen molar-refractivity contribution in [3.8, 4) is 11.5 Å². The summed E-state index contributed by atoms with van der Waals surface area (Å²) in [7, 11) is 0. The summed E-state index contributed by atoms with van der Waals surface area (Å²) in [5.74, 6) is 1.22. The maximum atomic E-state index is 13.2. The molecule has 6 heteroatoms. The second-order valence-corrected chi connectivity index (χ2v) is 8.49. The Hall–Kier alpha value is -3.02. The number of fused-ring (bicyclic) bond motifs is 1. The maximum Gasteiger partial charge on any atom is 0.254 e. The lowest BCUT2D eigenvalue weighted by atomic mass is 9.86. The standard InChI is InChI=1S/C24H28N2O4/c1-15(2)11-25-23(27)20-13-26(12-19(20)18-7-5-4-6-16(18)3)24(28)17-8-9-21-22(10-17)30-14-29-21/h4-10,15,19-20H,11-14H2,1-3H3,(H,25,27). The molecule has 0 saturated carbocycles. The van der Waals surface area contributed by atoms with Crippen molar-refractivity contribution >= 4 is 11.8 Å². The van der Waals surface area contributed by atoms with Crippen LogP contribution in [0.1, 0.15) is 41.3 Å². The molecule has 2 unspecified atom stereocenters. The molecule has 0 radical (unpaired) electrons. The van der Waals surface area contributed by atoms with Crippen molar-refractivity contribution < 1.29 is 19.1 Å². The van der Waals surface area contributed by atoms with Gasteiger partial charge in [-0.25, -0.2) is 0 Å². The van der Waals surface area contributed by atoms with Gasteiger partial charge in [-0.1, -0.05) is 38.1 Å². The van der Waals surface area contributed by atoms with Crippen molar-refractivity contribution in [2.75, 3.05) is 26.4 Å². The average Bonchev–Trinajstić information content (AvgIpc) is 3.38. The largest absolute Gasteiger partial charge is 0.454 e. The molecular weight excluding hydrogens is 380 g/mol. The number of benzene rings is 2. The van der Waals surface area contributed by atoms with Gasteiger partial charge in [0.05, 0.1) is 5.92 Å². The molecule has 2 aliphatic rings. The third-order valence-corrected chi connectivity index (χ3v) is 5.84. The van der Waals surface area contributed by atoms with Crippen LogP contribution in [0.15, 0.2) is 42.5 Å². The Morgan fingerprint density at radius 1 is 1.10 bits per heavy atom. The summed E-state index contributed by atoms with van der Waals surface area (Å²) in [5.41, 5.74) is 2.82. The molecule has 30 heavy (non-hydrogen) atoms. The van der Waals surface area contributed by atoms with Crippen molar-refractivity contribution in [3.63, 3.8) is 0 Å². The molecule has 2 aromatic rings. The zero-order chi connectivity index (χ0) is 21.3. The number of amides is 2. The highest BCUT2D eigenvalue weighted by Crippen LogP contribution is 2.37. The van der Waals surface area contributed by atoms with Crippen LogP contribution in [0.4, 0.5) is 0 Å². The van der Waals surface area contributed by atoms with Crippen LogP contribution in [0.2, 0.25) is 0 Å². The molecule has 2 atom stereocenters. The van der Waals surface area contributed by atoms with Gasteiger partial charge in [-0.2, -0.15) is 0 Å². The lowest BCUT2D eigenvalue weighted by molar-refractivity contribution is -0.125. The van der Waals surface area contributed by atoms with Gasteiger partial charge in [-0.3, -0.25) is 9.59 Å². The predicted octanol–water partition coefficient (Wildman–Crippen LogP) is 3.35. The van der Waals surface area contributed by atoms with Crippen LogP contribution in [0.3, 0.4) is 0 Å². The van der Waals surface area contributed by atoms with Crippen molar-refractivity contribution in [2.24, 2.45) is 11.8 Å². The number of nitrogens with one attached hydrogen (secondary N) is 1. The van der Waals surface area contributed by atoms with Gasteiger partial charge in [0.2, 0.25) is 12.7 Å². The number of carbonyl (C=O) groups is 2. The van der Waals surface area contributed by atoms with E-state index in [1.165, 1.54) is 0 Å². The summed E-state index contributed by atoms with van der Waals surface area (Å²) in [6, 6.07) is 13.4. The Bertz CT molecular complexity index is 956. The monoisotopic (exact) mass is 408 g/mol. The number of nitrogens with zero attached hydrogens (tertiary/aromatic N) is 1. The van der Waals surface area contributed by atoms with Crippen LogP contribution in [0.25, 0.3) is 0 Å². The zero-order valence-electron chi connectivity index (χ0n) is 17.7. The molecule has 0 bridgehead atoms. The molecule has 2 aromatic carbocycles. The van der Waals surface area contributed by atoms with E-state index in [-0.39, 0.29) is 30.4 Å². The minimum atomic E-state index is -0.275. The number of aryl methyl sites for hydroxylation is 1. The lowest BCUT2D eigenvalue weighted by Crippen LogP contribution is -2.37. The van der Waals surface area contributed by atoms with Gasteiger partial charge in [-0.05, 0) is 42.2 Å². The fourth-order valence-corrected chi connectivity index (χ4v) is 4.20. The Kier molecular flexibility index (Phi) is 5.66. The Morgan fingerprint density at radius 2 is 1.87 bits per heavy atom. The van der Waals surface area contributed by atoms with E-state index >= 15 is 0 Å². The van der Waals surface area contributed by atoms with Crippen molar-refractivity contribution in [1.29, 1.82) is 0 Å². The fourth-order valence-electron chi connectivity index (χ4n) is 4.20. The molecule has 2 amide bonds. The highest BCUT2D eigenvalue weighted by molar-refractivity contribution is 5.96. The topological polar surface area (TPSA) is 67.9 Å². The smallest absolute Gasteiger partial charge is 0.254 e. The molecule has 158 valence electrons. The zero-order valence-corrected chi connectivity index (χ0v) is 17.7. The molecule has 6 nitrogen and oxygen atoms in total. The minimum Gasteiger partial charge on any atom is -0.454 e. The first-order valence-electron chi connectivity index (χ1n) is 10.5. The second-order valence-electron chi connectivity index (χ2n) is 8.49. The second kappa shape index (κ2) is 8.38. The molecule has 4 rings (SSSR count). The molecular formula is C24H28N2O4. The van der Waals surface area contributed by atoms with Gasteiger partial charge in [0.15, 0.2) is 11.5 Å². The Morgan fingerprint density at radius 3 is 2.63 bits per heavy atom. The van der Waals surface area contributed by atoms with Crippen molar-refractivity contribution in [1.82, 2.24) is 10.2 Å². The quantitative estimate of drug-likeness (QED) is 0.824. The van der Waals surface area contributed by atoms with E-state index in [1.807, 2.05) is 12.1 Å². The highest BCUT2D eigenvalue weighted by Gasteiger charge is 2.41. The van der Waals surface area contributed by atoms with E-state index < -0.39 is 0 Å². The normalized spacial score (nSPS) is 19.9. The van der Waals surface area contributed by atoms with E-state index in [0.29, 0.717) is 42.6 Å². The number of carbonyl (C=O) groups excluding carboxylic acids is 2. The van der Waals surface area contributed by atoms with E-state index in [0.717, 1.165) is 11.1 Å². The van der Waals surface area contributed by atoms with Gasteiger partial charge < -0.3 is 19.7 Å². The van der Waals surface area contributed by atoms with Crippen LogP contribution in [0, 0.1) is 18.8 Å². The molecule has 0 aliphatic carbocycles. The lowest BCUT2D eigenvalue weighted by Gasteiger charge is -2.20. The molecule has 1 saturated heterocycles. The molecule has 1 N–H and O–H groups in total. The fraction of sp³-hybridized carbons (Fsp3) is 0.417. The summed E-state index contributed by atoms with van der Waals surface area (Å²) in [6.07, 6.45) is 0. The number of likely N-dealkylation sites (tertiary alicyclic amines) is 1. The van der Waals surface area contributed by atoms with E-state index in [9.17, 15) is 9.59 Å². The molecule has 2 heterocycles. The van der Waals surface area contributed by atoms with Crippen molar-refractivity contribution in [2.45, 2.75) is 26.7 Å². The van der Waals surface area contributed by atoms with Gasteiger partial charge in [0, 0.05) is 31.1 Å². The first-order chi connectivity index (χ1) is 14.4. The van der Waals surface area contributed by atoms with E-state index in [4.69, 9.17) is 9.47 Å².